The van der Waals surface area contributed by atoms with Gasteiger partial charge in [0.1, 0.15) is 0 Å². The maximum absolute atomic E-state index is 10.5. The quantitative estimate of drug-likeness (QED) is 0.543. The molecule has 0 unspecified atom stereocenters. The Bertz CT molecular complexity index is 309. The Morgan fingerprint density at radius 1 is 1.58 bits per heavy atom. The van der Waals surface area contributed by atoms with E-state index in [1.54, 1.807) is 12.1 Å². The fourth-order valence-corrected chi connectivity index (χ4v) is 0.760. The number of oxime groups is 1. The molecule has 0 atom stereocenters. The smallest absolute Gasteiger partial charge is 0.335 e. The lowest BCUT2D eigenvalue weighted by molar-refractivity contribution is 0.0696. The van der Waals surface area contributed by atoms with Crippen LogP contribution in [0.5, 0.6) is 5.75 Å². The van der Waals surface area contributed by atoms with E-state index in [9.17, 15) is 4.79 Å². The van der Waals surface area contributed by atoms with Crippen LogP contribution >= 0.6 is 0 Å². The molecule has 1 aromatic rings. The van der Waals surface area contributed by atoms with Crippen LogP contribution in [0.1, 0.15) is 10.4 Å². The van der Waals surface area contributed by atoms with Gasteiger partial charge in [-0.05, 0) is 18.2 Å². The number of aromatic carboxylic acids is 1. The first kappa shape index (κ1) is 8.26. The van der Waals surface area contributed by atoms with Crippen molar-refractivity contribution in [2.24, 2.45) is 5.16 Å². The highest BCUT2D eigenvalue weighted by Gasteiger charge is 2.02. The first-order chi connectivity index (χ1) is 5.74. The Morgan fingerprint density at radius 2 is 2.33 bits per heavy atom. The molecule has 4 heteroatoms. The summed E-state index contributed by atoms with van der Waals surface area (Å²) in [6, 6.07) is 6.01. The third-order valence-electron chi connectivity index (χ3n) is 1.25. The molecule has 1 rings (SSSR count). The molecule has 0 saturated heterocycles. The van der Waals surface area contributed by atoms with Crippen molar-refractivity contribution in [2.75, 3.05) is 0 Å². The molecule has 0 aromatic heterocycles. The van der Waals surface area contributed by atoms with E-state index in [2.05, 4.69) is 16.7 Å². The average Bonchev–Trinajstić information content (AvgIpc) is 2.05. The predicted octanol–water partition coefficient (Wildman–Crippen LogP) is 1.38. The number of hydrogen-bond donors (Lipinski definition) is 1. The van der Waals surface area contributed by atoms with Gasteiger partial charge in [0.05, 0.1) is 5.56 Å². The highest BCUT2D eigenvalue weighted by Crippen LogP contribution is 2.12. The number of carboxylic acids is 1. The van der Waals surface area contributed by atoms with E-state index in [4.69, 9.17) is 5.11 Å². The lowest BCUT2D eigenvalue weighted by atomic mass is 10.2. The molecule has 0 fully saturated rings. The minimum Gasteiger partial charge on any atom is -0.478 e. The van der Waals surface area contributed by atoms with Crippen LogP contribution in [0.3, 0.4) is 0 Å². The molecule has 4 nitrogen and oxygen atoms in total. The molecule has 0 spiro atoms. The molecule has 0 saturated carbocycles. The van der Waals surface area contributed by atoms with E-state index in [1.807, 2.05) is 0 Å². The largest absolute Gasteiger partial charge is 0.478 e. The minimum absolute atomic E-state index is 0.163. The van der Waals surface area contributed by atoms with Gasteiger partial charge in [-0.3, -0.25) is 0 Å². The molecule has 0 bridgehead atoms. The molecule has 0 amide bonds. The second-order valence-corrected chi connectivity index (χ2v) is 2.05. The zero-order valence-electron chi connectivity index (χ0n) is 6.23. The van der Waals surface area contributed by atoms with Gasteiger partial charge in [-0.25, -0.2) is 4.79 Å². The Labute approximate surface area is 69.1 Å². The number of carboxylic acid groups (broad SMARTS) is 1. The maximum Gasteiger partial charge on any atom is 0.335 e. The molecule has 0 aliphatic rings. The fourth-order valence-electron chi connectivity index (χ4n) is 0.760. The third-order valence-corrected chi connectivity index (χ3v) is 1.25. The molecule has 0 radical (unpaired) electrons. The molecule has 1 aromatic carbocycles. The molecule has 0 heterocycles. The number of carbonyl (C=O) groups is 1. The molecular formula is C8H7NO3. The van der Waals surface area contributed by atoms with Crippen LogP contribution in [0, 0.1) is 0 Å². The summed E-state index contributed by atoms with van der Waals surface area (Å²) in [5, 5.41) is 11.7. The highest BCUT2D eigenvalue weighted by molar-refractivity contribution is 5.87. The Kier molecular flexibility index (Phi) is 2.42. The molecule has 1 N–H and O–H groups in total. The minimum atomic E-state index is -0.996. The monoisotopic (exact) mass is 165 g/mol. The first-order valence-electron chi connectivity index (χ1n) is 3.20. The summed E-state index contributed by atoms with van der Waals surface area (Å²) < 4.78 is 0. The number of benzene rings is 1. The number of hydrogen-bond acceptors (Lipinski definition) is 3. The summed E-state index contributed by atoms with van der Waals surface area (Å²) in [6.07, 6.45) is 0. The predicted molar refractivity (Wildman–Crippen MR) is 43.6 cm³/mol. The normalized spacial score (nSPS) is 9.00. The average molecular weight is 165 g/mol. The van der Waals surface area contributed by atoms with Gasteiger partial charge >= 0.3 is 5.97 Å². The topological polar surface area (TPSA) is 58.9 Å². The summed E-state index contributed by atoms with van der Waals surface area (Å²) in [5.41, 5.74) is 0.163. The summed E-state index contributed by atoms with van der Waals surface area (Å²) in [4.78, 5) is 15.1. The van der Waals surface area contributed by atoms with Crippen LogP contribution in [0.15, 0.2) is 29.4 Å². The van der Waals surface area contributed by atoms with Crippen molar-refractivity contribution >= 4 is 12.7 Å². The van der Waals surface area contributed by atoms with Crippen molar-refractivity contribution in [1.82, 2.24) is 0 Å². The van der Waals surface area contributed by atoms with Crippen LogP contribution < -0.4 is 4.84 Å². The van der Waals surface area contributed by atoms with Crippen molar-refractivity contribution < 1.29 is 14.7 Å². The van der Waals surface area contributed by atoms with E-state index in [0.717, 1.165) is 0 Å². The second kappa shape index (κ2) is 3.52. The molecule has 0 aliphatic carbocycles. The zero-order valence-corrected chi connectivity index (χ0v) is 6.23. The Balaban J connectivity index is 2.95. The van der Waals surface area contributed by atoms with Crippen LogP contribution in [0.25, 0.3) is 0 Å². The van der Waals surface area contributed by atoms with Gasteiger partial charge in [-0.2, -0.15) is 0 Å². The summed E-state index contributed by atoms with van der Waals surface area (Å²) >= 11 is 0. The van der Waals surface area contributed by atoms with E-state index < -0.39 is 5.97 Å². The lowest BCUT2D eigenvalue weighted by Crippen LogP contribution is -1.95. The molecular weight excluding hydrogens is 158 g/mol. The van der Waals surface area contributed by atoms with Gasteiger partial charge in [-0.1, -0.05) is 11.2 Å². The summed E-state index contributed by atoms with van der Waals surface area (Å²) in [5.74, 6) is -0.630. The van der Waals surface area contributed by atoms with Gasteiger partial charge in [0.2, 0.25) is 0 Å². The van der Waals surface area contributed by atoms with Crippen molar-refractivity contribution in [3.05, 3.63) is 29.8 Å². The van der Waals surface area contributed by atoms with E-state index in [-0.39, 0.29) is 5.56 Å². The Morgan fingerprint density at radius 3 is 2.92 bits per heavy atom. The van der Waals surface area contributed by atoms with Gasteiger partial charge in [0.25, 0.3) is 0 Å². The number of nitrogens with zero attached hydrogens (tertiary/aromatic N) is 1. The summed E-state index contributed by atoms with van der Waals surface area (Å²) in [6.45, 7) is 3.11. The lowest BCUT2D eigenvalue weighted by Gasteiger charge is -1.97. The Hall–Kier alpha value is -1.84. The van der Waals surface area contributed by atoms with Crippen LogP contribution in [-0.4, -0.2) is 17.8 Å². The second-order valence-electron chi connectivity index (χ2n) is 2.05. The van der Waals surface area contributed by atoms with Crippen LogP contribution in [0.4, 0.5) is 0 Å². The summed E-state index contributed by atoms with van der Waals surface area (Å²) in [7, 11) is 0. The van der Waals surface area contributed by atoms with E-state index >= 15 is 0 Å². The highest BCUT2D eigenvalue weighted by atomic mass is 16.6. The number of rotatable bonds is 3. The van der Waals surface area contributed by atoms with Crippen molar-refractivity contribution in [3.63, 3.8) is 0 Å². The van der Waals surface area contributed by atoms with E-state index in [1.165, 1.54) is 12.1 Å². The van der Waals surface area contributed by atoms with Gasteiger partial charge < -0.3 is 9.94 Å². The van der Waals surface area contributed by atoms with Crippen molar-refractivity contribution in [3.8, 4) is 5.75 Å². The fraction of sp³-hybridized carbons (Fsp3) is 0. The van der Waals surface area contributed by atoms with Crippen LogP contribution in [0.2, 0.25) is 0 Å². The van der Waals surface area contributed by atoms with E-state index in [0.29, 0.717) is 5.75 Å². The van der Waals surface area contributed by atoms with Gasteiger partial charge in [-0.15, -0.1) is 0 Å². The standard InChI is InChI=1S/C8H7NO3/c1-9-12-7-4-2-3-6(5-7)8(10)11/h2-5H,1H2,(H,10,11). The van der Waals surface area contributed by atoms with Crippen LogP contribution in [-0.2, 0) is 0 Å². The van der Waals surface area contributed by atoms with Crippen molar-refractivity contribution in [2.45, 2.75) is 0 Å². The third kappa shape index (κ3) is 1.82. The molecule has 12 heavy (non-hydrogen) atoms. The van der Waals surface area contributed by atoms with Gasteiger partial charge in [0.15, 0.2) is 5.75 Å². The molecule has 0 aliphatic heterocycles. The molecule has 62 valence electrons. The zero-order chi connectivity index (χ0) is 8.97. The first-order valence-corrected chi connectivity index (χ1v) is 3.20. The van der Waals surface area contributed by atoms with Crippen molar-refractivity contribution in [1.29, 1.82) is 0 Å². The maximum atomic E-state index is 10.5. The van der Waals surface area contributed by atoms with Gasteiger partial charge in [0, 0.05) is 6.72 Å². The SMILES string of the molecule is C=NOc1cccc(C(=O)O)c1.